The number of hydrogen-bond donors (Lipinski definition) is 1. The van der Waals surface area contributed by atoms with Crippen molar-refractivity contribution in [2.24, 2.45) is 0 Å². The summed E-state index contributed by atoms with van der Waals surface area (Å²) in [7, 11) is 0. The minimum Gasteiger partial charge on any atom is -0.507 e. The van der Waals surface area contributed by atoms with Gasteiger partial charge in [0.2, 0.25) is 0 Å². The summed E-state index contributed by atoms with van der Waals surface area (Å²) in [6.07, 6.45) is -0.0345. The minimum absolute atomic E-state index is 0.00398. The van der Waals surface area contributed by atoms with Gasteiger partial charge >= 0.3 is 0 Å². The lowest BCUT2D eigenvalue weighted by Crippen LogP contribution is -2.33. The van der Waals surface area contributed by atoms with Crippen LogP contribution in [0.1, 0.15) is 70.2 Å². The number of nitrogens with zero attached hydrogens (tertiary/aromatic N) is 1. The summed E-state index contributed by atoms with van der Waals surface area (Å²) in [5.41, 5.74) is 2.43. The quantitative estimate of drug-likeness (QED) is 0.303. The van der Waals surface area contributed by atoms with E-state index in [1.807, 2.05) is 52.0 Å². The molecular formula is C28H35NO5. The number of amides is 1. The third kappa shape index (κ3) is 5.68. The van der Waals surface area contributed by atoms with Crippen LogP contribution in [0.4, 0.5) is 0 Å². The fourth-order valence-corrected chi connectivity index (χ4v) is 4.05. The van der Waals surface area contributed by atoms with Crippen LogP contribution in [0.2, 0.25) is 0 Å². The normalized spacial score (nSPS) is 17.9. The number of rotatable bonds is 9. The molecule has 0 bridgehead atoms. The number of carbonyl (C=O) groups excluding carboxylic acids is 2. The Labute approximate surface area is 202 Å². The van der Waals surface area contributed by atoms with E-state index in [-0.39, 0.29) is 30.1 Å². The Balaban J connectivity index is 2.08. The summed E-state index contributed by atoms with van der Waals surface area (Å²) in [4.78, 5) is 27.7. The fraction of sp³-hybridized carbons (Fsp3) is 0.429. The molecule has 0 saturated carbocycles. The van der Waals surface area contributed by atoms with Gasteiger partial charge in [-0.05, 0) is 56.9 Å². The lowest BCUT2D eigenvalue weighted by Gasteiger charge is -2.26. The van der Waals surface area contributed by atoms with Crippen LogP contribution in [0, 0.1) is 0 Å². The van der Waals surface area contributed by atoms with Gasteiger partial charge in [-0.3, -0.25) is 9.59 Å². The van der Waals surface area contributed by atoms with Gasteiger partial charge in [0, 0.05) is 12.1 Å². The molecule has 1 atom stereocenters. The van der Waals surface area contributed by atoms with Crippen LogP contribution in [0.5, 0.6) is 5.75 Å². The Kier molecular flexibility index (Phi) is 8.15. The smallest absolute Gasteiger partial charge is 0.295 e. The molecule has 1 saturated heterocycles. The number of hydrogen-bond acceptors (Lipinski definition) is 5. The first-order chi connectivity index (χ1) is 16.1. The Morgan fingerprint density at radius 2 is 1.65 bits per heavy atom. The second kappa shape index (κ2) is 10.9. The first-order valence-corrected chi connectivity index (χ1v) is 11.9. The first kappa shape index (κ1) is 25.5. The van der Waals surface area contributed by atoms with Crippen molar-refractivity contribution in [3.05, 3.63) is 70.8 Å². The van der Waals surface area contributed by atoms with Crippen LogP contribution in [-0.4, -0.2) is 47.1 Å². The standard InChI is InChI=1S/C28H35NO5/c1-17(2)20-10-12-21(13-11-20)25-24(27(31)28(32)29(25)14-15-33-18(3)4)26(30)22-8-7-9-23(16-22)34-19(5)6/h7-13,16-19,25,30H,14-15H2,1-6H3/b26-24-. The molecule has 6 nitrogen and oxygen atoms in total. The minimum atomic E-state index is -0.702. The molecule has 2 aromatic rings. The summed E-state index contributed by atoms with van der Waals surface area (Å²) in [6, 6.07) is 14.1. The molecule has 1 aliphatic rings. The van der Waals surface area contributed by atoms with Gasteiger partial charge in [-0.15, -0.1) is 0 Å². The van der Waals surface area contributed by atoms with Crippen LogP contribution in [0.3, 0.4) is 0 Å². The van der Waals surface area contributed by atoms with Gasteiger partial charge in [0.25, 0.3) is 11.7 Å². The van der Waals surface area contributed by atoms with E-state index in [1.165, 1.54) is 4.90 Å². The molecule has 1 amide bonds. The molecule has 0 radical (unpaired) electrons. The zero-order valence-electron chi connectivity index (χ0n) is 20.9. The van der Waals surface area contributed by atoms with Gasteiger partial charge in [-0.25, -0.2) is 0 Å². The van der Waals surface area contributed by atoms with Crippen LogP contribution >= 0.6 is 0 Å². The Morgan fingerprint density at radius 1 is 0.971 bits per heavy atom. The maximum atomic E-state index is 13.2. The number of Topliss-reactive ketones (excluding diaryl/α,β-unsaturated/α-hetero) is 1. The Morgan fingerprint density at radius 3 is 2.24 bits per heavy atom. The predicted molar refractivity (Wildman–Crippen MR) is 133 cm³/mol. The van der Waals surface area contributed by atoms with E-state index in [1.54, 1.807) is 24.3 Å². The number of aliphatic hydroxyl groups is 1. The molecule has 182 valence electrons. The van der Waals surface area contributed by atoms with E-state index in [0.717, 1.165) is 11.1 Å². The predicted octanol–water partition coefficient (Wildman–Crippen LogP) is 5.44. The molecule has 0 aliphatic carbocycles. The highest BCUT2D eigenvalue weighted by molar-refractivity contribution is 6.46. The molecular weight excluding hydrogens is 430 g/mol. The summed E-state index contributed by atoms with van der Waals surface area (Å²) in [5, 5.41) is 11.3. The van der Waals surface area contributed by atoms with Gasteiger partial charge in [0.15, 0.2) is 0 Å². The van der Waals surface area contributed by atoms with Gasteiger partial charge in [-0.1, -0.05) is 50.2 Å². The van der Waals surface area contributed by atoms with Crippen LogP contribution in [0.25, 0.3) is 5.76 Å². The van der Waals surface area contributed by atoms with Crippen LogP contribution in [0.15, 0.2) is 54.1 Å². The molecule has 0 spiro atoms. The van der Waals surface area contributed by atoms with E-state index < -0.39 is 17.7 Å². The van der Waals surface area contributed by atoms with Crippen molar-refractivity contribution in [2.45, 2.75) is 65.7 Å². The number of benzene rings is 2. The summed E-state index contributed by atoms with van der Waals surface area (Å²) >= 11 is 0. The van der Waals surface area contributed by atoms with Gasteiger partial charge in [0.1, 0.15) is 11.5 Å². The third-order valence-electron chi connectivity index (χ3n) is 5.72. The van der Waals surface area contributed by atoms with Crippen LogP contribution in [-0.2, 0) is 14.3 Å². The molecule has 0 aromatic heterocycles. The molecule has 2 aromatic carbocycles. The topological polar surface area (TPSA) is 76.1 Å². The van der Waals surface area contributed by atoms with E-state index in [0.29, 0.717) is 23.8 Å². The number of likely N-dealkylation sites (tertiary alicyclic amines) is 1. The summed E-state index contributed by atoms with van der Waals surface area (Å²) in [6.45, 7) is 12.4. The Hall–Kier alpha value is -3.12. The number of carbonyl (C=O) groups is 2. The average molecular weight is 466 g/mol. The second-order valence-corrected chi connectivity index (χ2v) is 9.43. The molecule has 3 rings (SSSR count). The van der Waals surface area contributed by atoms with Crippen LogP contribution < -0.4 is 4.74 Å². The van der Waals surface area contributed by atoms with Crippen molar-refractivity contribution in [1.82, 2.24) is 4.90 Å². The van der Waals surface area contributed by atoms with E-state index in [4.69, 9.17) is 9.47 Å². The van der Waals surface area contributed by atoms with Gasteiger partial charge in [-0.2, -0.15) is 0 Å². The molecule has 1 N–H and O–H groups in total. The molecule has 6 heteroatoms. The lowest BCUT2D eigenvalue weighted by atomic mass is 9.93. The maximum Gasteiger partial charge on any atom is 0.295 e. The highest BCUT2D eigenvalue weighted by Gasteiger charge is 2.45. The Bertz CT molecular complexity index is 1050. The maximum absolute atomic E-state index is 13.2. The summed E-state index contributed by atoms with van der Waals surface area (Å²) in [5.74, 6) is -0.616. The van der Waals surface area contributed by atoms with E-state index in [9.17, 15) is 14.7 Å². The van der Waals surface area contributed by atoms with Crippen molar-refractivity contribution in [2.75, 3.05) is 13.2 Å². The van der Waals surface area contributed by atoms with E-state index in [2.05, 4.69) is 13.8 Å². The highest BCUT2D eigenvalue weighted by atomic mass is 16.5. The van der Waals surface area contributed by atoms with Gasteiger partial charge in [0.05, 0.1) is 30.4 Å². The molecule has 1 unspecified atom stereocenters. The fourth-order valence-electron chi connectivity index (χ4n) is 4.05. The van der Waals surface area contributed by atoms with Crippen molar-refractivity contribution >= 4 is 17.4 Å². The van der Waals surface area contributed by atoms with Crippen molar-refractivity contribution < 1.29 is 24.2 Å². The SMILES string of the molecule is CC(C)OCCN1C(=O)C(=O)/C(=C(\O)c2cccc(OC(C)C)c2)C1c1ccc(C(C)C)cc1. The highest BCUT2D eigenvalue weighted by Crippen LogP contribution is 2.40. The molecule has 34 heavy (non-hydrogen) atoms. The average Bonchev–Trinajstić information content (AvgIpc) is 3.03. The van der Waals surface area contributed by atoms with Crippen molar-refractivity contribution in [3.8, 4) is 5.75 Å². The largest absolute Gasteiger partial charge is 0.507 e. The number of ketones is 1. The third-order valence-corrected chi connectivity index (χ3v) is 5.72. The van der Waals surface area contributed by atoms with Crippen molar-refractivity contribution in [3.63, 3.8) is 0 Å². The summed E-state index contributed by atoms with van der Waals surface area (Å²) < 4.78 is 11.4. The number of ether oxygens (including phenoxy) is 2. The monoisotopic (exact) mass is 465 g/mol. The zero-order valence-corrected chi connectivity index (χ0v) is 20.9. The lowest BCUT2D eigenvalue weighted by molar-refractivity contribution is -0.140. The van der Waals surface area contributed by atoms with Crippen molar-refractivity contribution in [1.29, 1.82) is 0 Å². The number of aliphatic hydroxyl groups excluding tert-OH is 1. The zero-order chi connectivity index (χ0) is 25.0. The molecule has 1 aliphatic heterocycles. The molecule has 1 fully saturated rings. The first-order valence-electron chi connectivity index (χ1n) is 11.9. The van der Waals surface area contributed by atoms with Gasteiger partial charge < -0.3 is 19.5 Å². The molecule has 1 heterocycles. The second-order valence-electron chi connectivity index (χ2n) is 9.43. The van der Waals surface area contributed by atoms with E-state index >= 15 is 0 Å².